The van der Waals surface area contributed by atoms with Crippen LogP contribution in [-0.2, 0) is 4.74 Å². The number of hydrogen-bond donors (Lipinski definition) is 1. The maximum absolute atomic E-state index is 12.9. The third-order valence-corrected chi connectivity index (χ3v) is 3.99. The second kappa shape index (κ2) is 9.80. The van der Waals surface area contributed by atoms with Crippen molar-refractivity contribution in [3.8, 4) is 23.0 Å². The summed E-state index contributed by atoms with van der Waals surface area (Å²) in [6.45, 7) is -0.0440. The maximum Gasteiger partial charge on any atom is 0.188 e. The molecule has 0 fully saturated rings. The SMILES string of the molecule is COCOc1cc(OC)cc(OC)c1C(=O)C[C@@H](O)c1ccc(OC)cc1. The van der Waals surface area contributed by atoms with Gasteiger partial charge in [0, 0.05) is 25.7 Å². The number of aliphatic hydroxyl groups excluding tert-OH is 1. The van der Waals surface area contributed by atoms with Crippen molar-refractivity contribution in [2.24, 2.45) is 0 Å². The Morgan fingerprint density at radius 3 is 2.11 bits per heavy atom. The summed E-state index contributed by atoms with van der Waals surface area (Å²) in [5.41, 5.74) is 0.832. The molecule has 7 nitrogen and oxygen atoms in total. The molecular formula is C20H24O7. The Hall–Kier alpha value is -2.77. The third-order valence-electron chi connectivity index (χ3n) is 3.99. The second-order valence-electron chi connectivity index (χ2n) is 5.67. The van der Waals surface area contributed by atoms with Gasteiger partial charge in [0.2, 0.25) is 0 Å². The molecule has 0 aliphatic heterocycles. The molecule has 7 heteroatoms. The first-order chi connectivity index (χ1) is 13.0. The highest BCUT2D eigenvalue weighted by Gasteiger charge is 2.23. The first-order valence-corrected chi connectivity index (χ1v) is 8.27. The molecule has 2 rings (SSSR count). The molecule has 0 unspecified atom stereocenters. The van der Waals surface area contributed by atoms with Gasteiger partial charge in [0.1, 0.15) is 28.6 Å². The molecule has 0 radical (unpaired) electrons. The summed E-state index contributed by atoms with van der Waals surface area (Å²) in [6.07, 6.45) is -1.12. The van der Waals surface area contributed by atoms with Crippen molar-refractivity contribution in [1.82, 2.24) is 0 Å². The van der Waals surface area contributed by atoms with Gasteiger partial charge in [-0.1, -0.05) is 12.1 Å². The molecule has 0 aliphatic carbocycles. The Labute approximate surface area is 158 Å². The quantitative estimate of drug-likeness (QED) is 0.504. The van der Waals surface area contributed by atoms with E-state index in [9.17, 15) is 9.90 Å². The van der Waals surface area contributed by atoms with E-state index in [1.807, 2.05) is 0 Å². The number of carbonyl (C=O) groups is 1. The van der Waals surface area contributed by atoms with Gasteiger partial charge in [-0.25, -0.2) is 0 Å². The van der Waals surface area contributed by atoms with Crippen LogP contribution in [0.1, 0.15) is 28.4 Å². The van der Waals surface area contributed by atoms with Gasteiger partial charge in [-0.15, -0.1) is 0 Å². The first-order valence-electron chi connectivity index (χ1n) is 8.27. The topological polar surface area (TPSA) is 83.5 Å². The van der Waals surface area contributed by atoms with Crippen LogP contribution in [0.4, 0.5) is 0 Å². The fourth-order valence-electron chi connectivity index (χ4n) is 2.58. The second-order valence-corrected chi connectivity index (χ2v) is 5.67. The van der Waals surface area contributed by atoms with Crippen LogP contribution in [0.25, 0.3) is 0 Å². The minimum Gasteiger partial charge on any atom is -0.497 e. The molecule has 1 atom stereocenters. The molecule has 1 N–H and O–H groups in total. The average Bonchev–Trinajstić information content (AvgIpc) is 2.71. The Bertz CT molecular complexity index is 756. The van der Waals surface area contributed by atoms with Gasteiger partial charge in [0.15, 0.2) is 12.6 Å². The van der Waals surface area contributed by atoms with Crippen LogP contribution in [0.3, 0.4) is 0 Å². The number of benzene rings is 2. The van der Waals surface area contributed by atoms with Gasteiger partial charge < -0.3 is 28.8 Å². The van der Waals surface area contributed by atoms with Gasteiger partial charge in [0.25, 0.3) is 0 Å². The van der Waals surface area contributed by atoms with Crippen LogP contribution in [0.2, 0.25) is 0 Å². The largest absolute Gasteiger partial charge is 0.497 e. The molecule has 0 heterocycles. The highest BCUT2D eigenvalue weighted by molar-refractivity contribution is 6.02. The maximum atomic E-state index is 12.9. The molecule has 146 valence electrons. The standard InChI is InChI=1S/C20H24O7/c1-23-12-27-19-10-15(25-3)9-18(26-4)20(19)17(22)11-16(21)13-5-7-14(24-2)8-6-13/h5-10,16,21H,11-12H2,1-4H3/t16-/m1/s1. The molecule has 2 aromatic carbocycles. The van der Waals surface area contributed by atoms with Crippen LogP contribution >= 0.6 is 0 Å². The van der Waals surface area contributed by atoms with E-state index in [4.69, 9.17) is 23.7 Å². The minimum absolute atomic E-state index is 0.0440. The van der Waals surface area contributed by atoms with Crippen molar-refractivity contribution < 1.29 is 33.6 Å². The van der Waals surface area contributed by atoms with Gasteiger partial charge in [0.05, 0.1) is 27.4 Å². The lowest BCUT2D eigenvalue weighted by atomic mass is 9.98. The Morgan fingerprint density at radius 2 is 1.56 bits per heavy atom. The van der Waals surface area contributed by atoms with Crippen LogP contribution in [0.5, 0.6) is 23.0 Å². The molecule has 27 heavy (non-hydrogen) atoms. The molecule has 0 aliphatic rings. The van der Waals surface area contributed by atoms with Gasteiger partial charge in [-0.05, 0) is 17.7 Å². The molecule has 0 saturated heterocycles. The number of rotatable bonds is 10. The smallest absolute Gasteiger partial charge is 0.188 e. The fraction of sp³-hybridized carbons (Fsp3) is 0.350. The van der Waals surface area contributed by atoms with Crippen LogP contribution in [-0.4, -0.2) is 46.1 Å². The van der Waals surface area contributed by atoms with Crippen molar-refractivity contribution >= 4 is 5.78 Å². The van der Waals surface area contributed by atoms with E-state index in [1.165, 1.54) is 21.3 Å². The van der Waals surface area contributed by atoms with E-state index in [1.54, 1.807) is 43.5 Å². The lowest BCUT2D eigenvalue weighted by Crippen LogP contribution is -2.12. The van der Waals surface area contributed by atoms with Gasteiger partial charge in [-0.2, -0.15) is 0 Å². The number of ketones is 1. The zero-order chi connectivity index (χ0) is 19.8. The Balaban J connectivity index is 2.29. The highest BCUT2D eigenvalue weighted by atomic mass is 16.7. The van der Waals surface area contributed by atoms with Crippen molar-refractivity contribution in [2.45, 2.75) is 12.5 Å². The van der Waals surface area contributed by atoms with E-state index in [2.05, 4.69) is 0 Å². The number of carbonyl (C=O) groups excluding carboxylic acids is 1. The van der Waals surface area contributed by atoms with Gasteiger partial charge in [-0.3, -0.25) is 4.79 Å². The lowest BCUT2D eigenvalue weighted by Gasteiger charge is -2.17. The van der Waals surface area contributed by atoms with E-state index >= 15 is 0 Å². The zero-order valence-electron chi connectivity index (χ0n) is 15.9. The molecule has 0 spiro atoms. The predicted octanol–water partition coefficient (Wildman–Crippen LogP) is 3.00. The van der Waals surface area contributed by atoms with E-state index in [0.29, 0.717) is 22.8 Å². The first kappa shape index (κ1) is 20.5. The van der Waals surface area contributed by atoms with Crippen molar-refractivity contribution in [1.29, 1.82) is 0 Å². The highest BCUT2D eigenvalue weighted by Crippen LogP contribution is 2.36. The number of hydrogen-bond acceptors (Lipinski definition) is 7. The Morgan fingerprint density at radius 1 is 0.926 bits per heavy atom. The van der Waals surface area contributed by atoms with Crippen LogP contribution in [0.15, 0.2) is 36.4 Å². The normalized spacial score (nSPS) is 11.6. The average molecular weight is 376 g/mol. The molecular weight excluding hydrogens is 352 g/mol. The number of aliphatic hydroxyl groups is 1. The molecule has 0 aromatic heterocycles. The monoisotopic (exact) mass is 376 g/mol. The Kier molecular flexibility index (Phi) is 7.45. The molecule has 0 amide bonds. The van der Waals surface area contributed by atoms with Crippen LogP contribution in [0, 0.1) is 0 Å². The van der Waals surface area contributed by atoms with E-state index in [-0.39, 0.29) is 30.3 Å². The van der Waals surface area contributed by atoms with E-state index < -0.39 is 6.10 Å². The summed E-state index contributed by atoms with van der Waals surface area (Å²) >= 11 is 0. The summed E-state index contributed by atoms with van der Waals surface area (Å²) < 4.78 is 26.1. The number of Topliss-reactive ketones (excluding diaryl/α,β-unsaturated/α-hetero) is 1. The van der Waals surface area contributed by atoms with E-state index in [0.717, 1.165) is 0 Å². The summed E-state index contributed by atoms with van der Waals surface area (Å²) in [5, 5.41) is 10.5. The molecule has 0 saturated carbocycles. The minimum atomic E-state index is -0.981. The number of methoxy groups -OCH3 is 4. The fourth-order valence-corrected chi connectivity index (χ4v) is 2.58. The van der Waals surface area contributed by atoms with Gasteiger partial charge >= 0.3 is 0 Å². The summed E-state index contributed by atoms with van der Waals surface area (Å²) in [7, 11) is 5.99. The van der Waals surface area contributed by atoms with Crippen molar-refractivity contribution in [3.05, 3.63) is 47.5 Å². The third kappa shape index (κ3) is 5.12. The van der Waals surface area contributed by atoms with Crippen LogP contribution < -0.4 is 18.9 Å². The summed E-state index contributed by atoms with van der Waals surface area (Å²) in [5.74, 6) is 1.38. The lowest BCUT2D eigenvalue weighted by molar-refractivity contribution is 0.0496. The number of ether oxygens (including phenoxy) is 5. The summed E-state index contributed by atoms with van der Waals surface area (Å²) in [4.78, 5) is 12.9. The van der Waals surface area contributed by atoms with Crippen molar-refractivity contribution in [3.63, 3.8) is 0 Å². The summed E-state index contributed by atoms with van der Waals surface area (Å²) in [6, 6.07) is 10.0. The zero-order valence-corrected chi connectivity index (χ0v) is 15.9. The predicted molar refractivity (Wildman–Crippen MR) is 99.0 cm³/mol. The van der Waals surface area contributed by atoms with Crippen molar-refractivity contribution in [2.75, 3.05) is 35.2 Å². The molecule has 0 bridgehead atoms. The molecule has 2 aromatic rings.